The van der Waals surface area contributed by atoms with Crippen LogP contribution in [0.4, 0.5) is 0 Å². The van der Waals surface area contributed by atoms with Crippen LogP contribution >= 0.6 is 22.9 Å². The highest BCUT2D eigenvalue weighted by molar-refractivity contribution is 7.16. The third-order valence-corrected chi connectivity index (χ3v) is 4.91. The third kappa shape index (κ3) is 1.48. The van der Waals surface area contributed by atoms with E-state index in [4.69, 9.17) is 16.3 Å². The zero-order chi connectivity index (χ0) is 12.0. The van der Waals surface area contributed by atoms with Crippen LogP contribution in [-0.4, -0.2) is 24.3 Å². The van der Waals surface area contributed by atoms with Crippen molar-refractivity contribution in [2.45, 2.75) is 19.3 Å². The average Bonchev–Trinajstić information content (AvgIpc) is 2.49. The van der Waals surface area contributed by atoms with E-state index in [9.17, 15) is 9.90 Å². The third-order valence-electron chi connectivity index (χ3n) is 3.47. The van der Waals surface area contributed by atoms with E-state index in [1.54, 1.807) is 19.9 Å². The number of aliphatic carboxylic acids is 1. The number of hydrogen-bond acceptors (Lipinski definition) is 3. The summed E-state index contributed by atoms with van der Waals surface area (Å²) in [5, 5.41) is 9.33. The molecule has 5 heteroatoms. The molecule has 1 fully saturated rings. The molecular formula is C11H13ClO3S. The van der Waals surface area contributed by atoms with Gasteiger partial charge in [0.05, 0.1) is 28.4 Å². The lowest BCUT2D eigenvalue weighted by Crippen LogP contribution is -2.59. The van der Waals surface area contributed by atoms with Crippen molar-refractivity contribution in [2.75, 3.05) is 13.2 Å². The molecule has 1 aliphatic rings. The van der Waals surface area contributed by atoms with E-state index in [2.05, 4.69) is 0 Å². The average molecular weight is 261 g/mol. The molecule has 1 saturated heterocycles. The molecule has 1 aliphatic heterocycles. The molecule has 0 unspecified atom stereocenters. The summed E-state index contributed by atoms with van der Waals surface area (Å²) in [6.07, 6.45) is 0. The van der Waals surface area contributed by atoms with Crippen molar-refractivity contribution in [3.63, 3.8) is 0 Å². The number of thiophene rings is 1. The van der Waals surface area contributed by atoms with Crippen molar-refractivity contribution >= 4 is 28.9 Å². The summed E-state index contributed by atoms with van der Waals surface area (Å²) in [7, 11) is 0. The maximum absolute atomic E-state index is 11.4. The van der Waals surface area contributed by atoms with Gasteiger partial charge in [-0.3, -0.25) is 4.79 Å². The monoisotopic (exact) mass is 260 g/mol. The molecule has 0 bridgehead atoms. The summed E-state index contributed by atoms with van der Waals surface area (Å²) in [5.74, 6) is -0.805. The summed E-state index contributed by atoms with van der Waals surface area (Å²) in [6.45, 7) is 4.38. The Balaban J connectivity index is 2.44. The number of carboxylic acids is 1. The van der Waals surface area contributed by atoms with Gasteiger partial charge in [-0.15, -0.1) is 11.3 Å². The molecule has 0 aliphatic carbocycles. The van der Waals surface area contributed by atoms with Gasteiger partial charge in [-0.2, -0.15) is 0 Å². The van der Waals surface area contributed by atoms with E-state index in [-0.39, 0.29) is 0 Å². The molecule has 1 aromatic rings. The van der Waals surface area contributed by atoms with Crippen molar-refractivity contribution in [3.05, 3.63) is 21.3 Å². The fourth-order valence-electron chi connectivity index (χ4n) is 1.89. The zero-order valence-electron chi connectivity index (χ0n) is 9.12. The second kappa shape index (κ2) is 3.72. The maximum Gasteiger partial charge on any atom is 0.310 e. The van der Waals surface area contributed by atoms with Gasteiger partial charge in [0.25, 0.3) is 0 Å². The first-order valence-corrected chi connectivity index (χ1v) is 6.16. The Kier molecular flexibility index (Phi) is 2.77. The van der Waals surface area contributed by atoms with Gasteiger partial charge in [0, 0.05) is 4.88 Å². The molecule has 0 spiro atoms. The lowest BCUT2D eigenvalue weighted by molar-refractivity contribution is -0.170. The normalized spacial score (nSPS) is 19.2. The Bertz CT molecular complexity index is 421. The Morgan fingerprint density at radius 1 is 1.56 bits per heavy atom. The van der Waals surface area contributed by atoms with E-state index in [1.807, 2.05) is 6.07 Å². The summed E-state index contributed by atoms with van der Waals surface area (Å²) in [6, 6.07) is 3.71. The standard InChI is InChI=1S/C11H13ClO3S/c1-10(2,9(13)14)11(5-15-6-11)7-3-4-8(12)16-7/h3-4H,5-6H2,1-2H3,(H,13,14). The highest BCUT2D eigenvalue weighted by Gasteiger charge is 2.57. The fraction of sp³-hybridized carbons (Fsp3) is 0.545. The Morgan fingerprint density at radius 2 is 2.19 bits per heavy atom. The molecular weight excluding hydrogens is 248 g/mol. The summed E-state index contributed by atoms with van der Waals surface area (Å²) >= 11 is 7.34. The Labute approximate surface area is 103 Å². The van der Waals surface area contributed by atoms with Gasteiger partial charge in [-0.05, 0) is 26.0 Å². The smallest absolute Gasteiger partial charge is 0.310 e. The van der Waals surface area contributed by atoms with Gasteiger partial charge in [0.2, 0.25) is 0 Å². The molecule has 0 amide bonds. The van der Waals surface area contributed by atoms with Crippen LogP contribution in [0.2, 0.25) is 4.34 Å². The van der Waals surface area contributed by atoms with E-state index in [1.165, 1.54) is 11.3 Å². The molecule has 2 rings (SSSR count). The summed E-state index contributed by atoms with van der Waals surface area (Å²) in [4.78, 5) is 12.4. The quantitative estimate of drug-likeness (QED) is 0.909. The fourth-order valence-corrected chi connectivity index (χ4v) is 3.26. The topological polar surface area (TPSA) is 46.5 Å². The van der Waals surface area contributed by atoms with E-state index in [0.29, 0.717) is 17.6 Å². The first kappa shape index (κ1) is 11.9. The van der Waals surface area contributed by atoms with Gasteiger partial charge in [-0.1, -0.05) is 11.6 Å². The minimum atomic E-state index is -0.848. The molecule has 16 heavy (non-hydrogen) atoms. The van der Waals surface area contributed by atoms with Gasteiger partial charge in [0.1, 0.15) is 0 Å². The second-order valence-corrected chi connectivity index (χ2v) is 6.32. The van der Waals surface area contributed by atoms with Crippen molar-refractivity contribution in [1.29, 1.82) is 0 Å². The molecule has 1 N–H and O–H groups in total. The Hall–Kier alpha value is -0.580. The molecule has 0 aromatic carbocycles. The van der Waals surface area contributed by atoms with Crippen LogP contribution in [0, 0.1) is 5.41 Å². The number of rotatable bonds is 3. The maximum atomic E-state index is 11.4. The predicted octanol–water partition coefficient (Wildman–Crippen LogP) is 2.78. The van der Waals surface area contributed by atoms with Gasteiger partial charge in [0.15, 0.2) is 0 Å². The highest BCUT2D eigenvalue weighted by atomic mass is 35.5. The van der Waals surface area contributed by atoms with Crippen molar-refractivity contribution in [3.8, 4) is 0 Å². The van der Waals surface area contributed by atoms with Gasteiger partial charge < -0.3 is 9.84 Å². The molecule has 3 nitrogen and oxygen atoms in total. The Morgan fingerprint density at radius 3 is 2.50 bits per heavy atom. The van der Waals surface area contributed by atoms with Crippen LogP contribution in [0.1, 0.15) is 18.7 Å². The second-order valence-electron chi connectivity index (χ2n) is 4.61. The van der Waals surface area contributed by atoms with Crippen molar-refractivity contribution < 1.29 is 14.6 Å². The molecule has 88 valence electrons. The number of ether oxygens (including phenoxy) is 1. The molecule has 1 aromatic heterocycles. The largest absolute Gasteiger partial charge is 0.481 e. The predicted molar refractivity (Wildman–Crippen MR) is 63.2 cm³/mol. The van der Waals surface area contributed by atoms with Crippen LogP contribution in [0.25, 0.3) is 0 Å². The van der Waals surface area contributed by atoms with Crippen LogP contribution in [0.5, 0.6) is 0 Å². The molecule has 0 atom stereocenters. The molecule has 0 saturated carbocycles. The van der Waals surface area contributed by atoms with Crippen molar-refractivity contribution in [2.24, 2.45) is 5.41 Å². The van der Waals surface area contributed by atoms with Crippen LogP contribution in [0.15, 0.2) is 12.1 Å². The lowest BCUT2D eigenvalue weighted by Gasteiger charge is -2.49. The highest BCUT2D eigenvalue weighted by Crippen LogP contribution is 2.50. The zero-order valence-corrected chi connectivity index (χ0v) is 10.7. The number of carboxylic acid groups (broad SMARTS) is 1. The van der Waals surface area contributed by atoms with Crippen LogP contribution < -0.4 is 0 Å². The minimum Gasteiger partial charge on any atom is -0.481 e. The van der Waals surface area contributed by atoms with E-state index < -0.39 is 16.8 Å². The van der Waals surface area contributed by atoms with E-state index in [0.717, 1.165) is 4.88 Å². The SMILES string of the molecule is CC(C)(C(=O)O)C1(c2ccc(Cl)s2)COC1. The number of carbonyl (C=O) groups is 1. The molecule has 2 heterocycles. The number of halogens is 1. The van der Waals surface area contributed by atoms with Gasteiger partial charge >= 0.3 is 5.97 Å². The number of hydrogen-bond donors (Lipinski definition) is 1. The summed E-state index contributed by atoms with van der Waals surface area (Å²) < 4.78 is 5.92. The van der Waals surface area contributed by atoms with E-state index >= 15 is 0 Å². The lowest BCUT2D eigenvalue weighted by atomic mass is 9.63. The van der Waals surface area contributed by atoms with Crippen molar-refractivity contribution in [1.82, 2.24) is 0 Å². The first-order valence-electron chi connectivity index (χ1n) is 4.97. The van der Waals surface area contributed by atoms with Gasteiger partial charge in [-0.25, -0.2) is 0 Å². The first-order chi connectivity index (χ1) is 7.40. The van der Waals surface area contributed by atoms with Crippen LogP contribution in [0.3, 0.4) is 0 Å². The minimum absolute atomic E-state index is 0.434. The molecule has 0 radical (unpaired) electrons. The summed E-state index contributed by atoms with van der Waals surface area (Å²) in [5.41, 5.74) is -1.28. The van der Waals surface area contributed by atoms with Crippen LogP contribution in [-0.2, 0) is 14.9 Å².